The van der Waals surface area contributed by atoms with E-state index < -0.39 is 10.0 Å². The van der Waals surface area contributed by atoms with Gasteiger partial charge in [0.15, 0.2) is 0 Å². The zero-order valence-electron chi connectivity index (χ0n) is 14.7. The molecule has 140 valence electrons. The lowest BCUT2D eigenvalue weighted by Gasteiger charge is -2.34. The molecule has 1 amide bonds. The van der Waals surface area contributed by atoms with Crippen LogP contribution in [0.1, 0.15) is 32.6 Å². The third-order valence-electron chi connectivity index (χ3n) is 5.25. The molecule has 2 atom stereocenters. The molecule has 0 aromatic carbocycles. The van der Waals surface area contributed by atoms with Crippen LogP contribution in [-0.4, -0.2) is 62.3 Å². The van der Waals surface area contributed by atoms with Gasteiger partial charge in [0.25, 0.3) is 10.0 Å². The molecule has 3 rings (SSSR count). The zero-order chi connectivity index (χ0) is 17.9. The minimum absolute atomic E-state index is 0.0633. The maximum Gasteiger partial charge on any atom is 0.252 e. The van der Waals surface area contributed by atoms with Gasteiger partial charge in [0.2, 0.25) is 5.91 Å². The average molecular weight is 386 g/mol. The van der Waals surface area contributed by atoms with Crippen molar-refractivity contribution in [2.45, 2.75) is 42.9 Å². The molecule has 8 heteroatoms. The van der Waals surface area contributed by atoms with E-state index >= 15 is 0 Å². The van der Waals surface area contributed by atoms with Crippen molar-refractivity contribution in [3.8, 4) is 0 Å². The molecule has 0 spiro atoms. The summed E-state index contributed by atoms with van der Waals surface area (Å²) in [5.41, 5.74) is 0. The van der Waals surface area contributed by atoms with Gasteiger partial charge in [0.05, 0.1) is 6.54 Å². The molecule has 0 radical (unpaired) electrons. The summed E-state index contributed by atoms with van der Waals surface area (Å²) in [6.45, 7) is 4.63. The van der Waals surface area contributed by atoms with Crippen LogP contribution in [0, 0.1) is 5.92 Å². The molecule has 1 N–H and O–H groups in total. The highest BCUT2D eigenvalue weighted by Crippen LogP contribution is 2.24. The first-order valence-corrected chi connectivity index (χ1v) is 11.3. The van der Waals surface area contributed by atoms with E-state index in [9.17, 15) is 13.2 Å². The fourth-order valence-electron chi connectivity index (χ4n) is 3.65. The Hall–Kier alpha value is -0.960. The summed E-state index contributed by atoms with van der Waals surface area (Å²) < 4.78 is 26.9. The maximum absolute atomic E-state index is 12.5. The number of hydrogen-bond donors (Lipinski definition) is 1. The molecule has 1 aromatic heterocycles. The van der Waals surface area contributed by atoms with Gasteiger partial charge in [-0.1, -0.05) is 25.8 Å². The fraction of sp³-hybridized carbons (Fsp3) is 0.706. The van der Waals surface area contributed by atoms with Crippen LogP contribution in [0.15, 0.2) is 21.7 Å². The number of piperazine rings is 1. The third-order valence-corrected chi connectivity index (χ3v) is 8.52. The Morgan fingerprint density at radius 3 is 2.60 bits per heavy atom. The summed E-state index contributed by atoms with van der Waals surface area (Å²) in [7, 11) is -3.38. The Balaban J connectivity index is 1.47. The third kappa shape index (κ3) is 4.61. The first kappa shape index (κ1) is 18.8. The smallest absolute Gasteiger partial charge is 0.252 e. The normalized spacial score (nSPS) is 26.4. The van der Waals surface area contributed by atoms with Crippen molar-refractivity contribution < 1.29 is 13.2 Å². The number of hydrogen-bond acceptors (Lipinski definition) is 5. The standard InChI is InChI=1S/C17H27N3O3S2/c1-14-5-2-3-6-15(14)18-16(21)13-19-8-10-20(11-9-19)25(22,23)17-7-4-12-24-17/h4,7,12,14-15H,2-3,5-6,8-11,13H2,1H3,(H,18,21)/t14-,15-/m0/s1. The topological polar surface area (TPSA) is 69.7 Å². The van der Waals surface area contributed by atoms with Gasteiger partial charge < -0.3 is 5.32 Å². The molecule has 1 saturated carbocycles. The van der Waals surface area contributed by atoms with Crippen LogP contribution < -0.4 is 5.32 Å². The molecular formula is C17H27N3O3S2. The second kappa shape index (κ2) is 8.16. The summed E-state index contributed by atoms with van der Waals surface area (Å²) in [6, 6.07) is 3.69. The van der Waals surface area contributed by atoms with E-state index in [2.05, 4.69) is 12.2 Å². The predicted molar refractivity (Wildman–Crippen MR) is 99.1 cm³/mol. The highest BCUT2D eigenvalue weighted by molar-refractivity contribution is 7.91. The van der Waals surface area contributed by atoms with Crippen LogP contribution in [-0.2, 0) is 14.8 Å². The van der Waals surface area contributed by atoms with Crippen molar-refractivity contribution in [1.82, 2.24) is 14.5 Å². The first-order valence-electron chi connectivity index (χ1n) is 9.02. The quantitative estimate of drug-likeness (QED) is 0.838. The van der Waals surface area contributed by atoms with E-state index in [1.807, 2.05) is 4.90 Å². The fourth-order valence-corrected chi connectivity index (χ4v) is 6.22. The largest absolute Gasteiger partial charge is 0.352 e. The molecule has 25 heavy (non-hydrogen) atoms. The van der Waals surface area contributed by atoms with Gasteiger partial charge in [-0.3, -0.25) is 9.69 Å². The van der Waals surface area contributed by atoms with Crippen molar-refractivity contribution in [2.75, 3.05) is 32.7 Å². The van der Waals surface area contributed by atoms with Gasteiger partial charge in [0.1, 0.15) is 4.21 Å². The summed E-state index contributed by atoms with van der Waals surface area (Å²) in [4.78, 5) is 14.4. The highest BCUT2D eigenvalue weighted by Gasteiger charge is 2.30. The van der Waals surface area contributed by atoms with Crippen LogP contribution in [0.3, 0.4) is 0 Å². The number of thiophene rings is 1. The molecule has 0 bridgehead atoms. The molecule has 2 aliphatic rings. The molecular weight excluding hydrogens is 358 g/mol. The number of nitrogens with zero attached hydrogens (tertiary/aromatic N) is 2. The lowest BCUT2D eigenvalue weighted by molar-refractivity contribution is -0.123. The molecule has 2 heterocycles. The van der Waals surface area contributed by atoms with E-state index in [0.717, 1.165) is 6.42 Å². The number of sulfonamides is 1. The van der Waals surface area contributed by atoms with Crippen LogP contribution in [0.5, 0.6) is 0 Å². The van der Waals surface area contributed by atoms with E-state index in [-0.39, 0.29) is 5.91 Å². The lowest BCUT2D eigenvalue weighted by Crippen LogP contribution is -2.52. The molecule has 1 saturated heterocycles. The summed E-state index contributed by atoms with van der Waals surface area (Å²) >= 11 is 1.25. The molecule has 0 unspecified atom stereocenters. The lowest BCUT2D eigenvalue weighted by atomic mass is 9.86. The Labute approximate surface area is 154 Å². The minimum Gasteiger partial charge on any atom is -0.352 e. The summed E-state index contributed by atoms with van der Waals surface area (Å²) in [6.07, 6.45) is 4.70. The van der Waals surface area contributed by atoms with Crippen LogP contribution in [0.4, 0.5) is 0 Å². The number of rotatable bonds is 5. The predicted octanol–water partition coefficient (Wildman–Crippen LogP) is 1.75. The number of carbonyl (C=O) groups is 1. The van der Waals surface area contributed by atoms with Gasteiger partial charge in [0, 0.05) is 32.2 Å². The molecule has 1 aromatic rings. The molecule has 6 nitrogen and oxygen atoms in total. The average Bonchev–Trinajstić information content (AvgIpc) is 3.13. The Morgan fingerprint density at radius 1 is 1.24 bits per heavy atom. The Bertz CT molecular complexity index is 667. The minimum atomic E-state index is -3.38. The van der Waals surface area contributed by atoms with Gasteiger partial charge in [-0.05, 0) is 30.2 Å². The second-order valence-electron chi connectivity index (χ2n) is 7.05. The van der Waals surface area contributed by atoms with Crippen LogP contribution in [0.25, 0.3) is 0 Å². The number of carbonyl (C=O) groups excluding carboxylic acids is 1. The SMILES string of the molecule is C[C@H]1CCCC[C@@H]1NC(=O)CN1CCN(S(=O)(=O)c2cccs2)CC1. The molecule has 1 aliphatic heterocycles. The summed E-state index contributed by atoms with van der Waals surface area (Å²) in [5.74, 6) is 0.610. The zero-order valence-corrected chi connectivity index (χ0v) is 16.3. The van der Waals surface area contributed by atoms with E-state index in [1.54, 1.807) is 17.5 Å². The van der Waals surface area contributed by atoms with Gasteiger partial charge in [-0.2, -0.15) is 4.31 Å². The van der Waals surface area contributed by atoms with Gasteiger partial charge in [-0.15, -0.1) is 11.3 Å². The second-order valence-corrected chi connectivity index (χ2v) is 10.2. The number of nitrogens with one attached hydrogen (secondary N) is 1. The Kier molecular flexibility index (Phi) is 6.14. The Morgan fingerprint density at radius 2 is 1.96 bits per heavy atom. The van der Waals surface area contributed by atoms with Crippen LogP contribution in [0.2, 0.25) is 0 Å². The maximum atomic E-state index is 12.5. The van der Waals surface area contributed by atoms with Crippen molar-refractivity contribution in [3.63, 3.8) is 0 Å². The van der Waals surface area contributed by atoms with Crippen molar-refractivity contribution >= 4 is 27.3 Å². The molecule has 1 aliphatic carbocycles. The first-order chi connectivity index (χ1) is 12.0. The van der Waals surface area contributed by atoms with E-state index in [1.165, 1.54) is 34.9 Å². The number of amides is 1. The van der Waals surface area contributed by atoms with Gasteiger partial charge in [-0.25, -0.2) is 8.42 Å². The highest BCUT2D eigenvalue weighted by atomic mass is 32.2. The van der Waals surface area contributed by atoms with Crippen LogP contribution >= 0.6 is 11.3 Å². The van der Waals surface area contributed by atoms with E-state index in [0.29, 0.717) is 48.9 Å². The van der Waals surface area contributed by atoms with Gasteiger partial charge >= 0.3 is 0 Å². The monoisotopic (exact) mass is 385 g/mol. The van der Waals surface area contributed by atoms with Crippen molar-refractivity contribution in [1.29, 1.82) is 0 Å². The van der Waals surface area contributed by atoms with Crippen molar-refractivity contribution in [2.24, 2.45) is 5.92 Å². The summed E-state index contributed by atoms with van der Waals surface area (Å²) in [5, 5.41) is 4.95. The molecule has 2 fully saturated rings. The van der Waals surface area contributed by atoms with Crippen molar-refractivity contribution in [3.05, 3.63) is 17.5 Å². The van der Waals surface area contributed by atoms with E-state index in [4.69, 9.17) is 0 Å².